The summed E-state index contributed by atoms with van der Waals surface area (Å²) < 4.78 is 0. The lowest BCUT2D eigenvalue weighted by Gasteiger charge is -2.34. The molecule has 1 heterocycles. The van der Waals surface area contributed by atoms with Crippen molar-refractivity contribution in [2.75, 3.05) is 19.6 Å². The van der Waals surface area contributed by atoms with Crippen molar-refractivity contribution in [1.29, 1.82) is 0 Å². The molecule has 2 N–H and O–H groups in total. The normalized spacial score (nSPS) is 18.7. The Balaban J connectivity index is 1.88. The van der Waals surface area contributed by atoms with Gasteiger partial charge in [0.2, 0.25) is 5.91 Å². The molecule has 1 aromatic rings. The molecule has 6 heteroatoms. The average molecular weight is 361 g/mol. The van der Waals surface area contributed by atoms with Gasteiger partial charge in [0.1, 0.15) is 0 Å². The molecule has 1 amide bonds. The number of benzene rings is 1. The lowest BCUT2D eigenvalue weighted by atomic mass is 9.81. The van der Waals surface area contributed by atoms with Gasteiger partial charge in [-0.1, -0.05) is 30.1 Å². The zero-order chi connectivity index (χ0) is 16.2. The first-order valence-corrected chi connectivity index (χ1v) is 9.13. The largest absolute Gasteiger partial charge is 0.355 e. The zero-order valence-corrected chi connectivity index (χ0v) is 15.2. The van der Waals surface area contributed by atoms with E-state index < -0.39 is 0 Å². The van der Waals surface area contributed by atoms with Crippen LogP contribution >= 0.6 is 35.0 Å². The highest BCUT2D eigenvalue weighted by Gasteiger charge is 2.28. The van der Waals surface area contributed by atoms with Crippen molar-refractivity contribution in [3.05, 3.63) is 28.2 Å². The predicted octanol–water partition coefficient (Wildman–Crippen LogP) is 3.98. The maximum atomic E-state index is 12.3. The van der Waals surface area contributed by atoms with E-state index in [-0.39, 0.29) is 16.6 Å². The number of hydrogen-bond acceptors (Lipinski definition) is 3. The van der Waals surface area contributed by atoms with Crippen LogP contribution in [0.5, 0.6) is 0 Å². The van der Waals surface area contributed by atoms with Crippen molar-refractivity contribution in [1.82, 2.24) is 10.6 Å². The average Bonchev–Trinajstić information content (AvgIpc) is 2.49. The van der Waals surface area contributed by atoms with Crippen molar-refractivity contribution in [3.8, 4) is 0 Å². The van der Waals surface area contributed by atoms with Gasteiger partial charge >= 0.3 is 0 Å². The molecular weight excluding hydrogens is 339 g/mol. The van der Waals surface area contributed by atoms with Crippen LogP contribution < -0.4 is 10.6 Å². The van der Waals surface area contributed by atoms with E-state index in [4.69, 9.17) is 23.2 Å². The molecule has 2 rings (SSSR count). The van der Waals surface area contributed by atoms with E-state index in [0.29, 0.717) is 10.0 Å². The molecule has 1 atom stereocenters. The summed E-state index contributed by atoms with van der Waals surface area (Å²) in [6, 6.07) is 5.30. The van der Waals surface area contributed by atoms with Gasteiger partial charge in [-0.05, 0) is 56.5 Å². The lowest BCUT2D eigenvalue weighted by molar-refractivity contribution is -0.120. The standard InChI is InChI=1S/C16H22Cl2N2OS/c1-11(22-14-9-12(17)3-4-13(14)18)15(21)20-10-16(2)5-7-19-8-6-16/h3-4,9,11,19H,5-8,10H2,1-2H3,(H,20,21). The minimum Gasteiger partial charge on any atom is -0.355 e. The number of piperidine rings is 1. The van der Waals surface area contributed by atoms with Crippen molar-refractivity contribution in [2.24, 2.45) is 5.41 Å². The molecule has 0 radical (unpaired) electrons. The molecule has 1 fully saturated rings. The molecule has 1 saturated heterocycles. The summed E-state index contributed by atoms with van der Waals surface area (Å²) in [5.74, 6) is 0.0424. The monoisotopic (exact) mass is 360 g/mol. The second kappa shape index (κ2) is 7.91. The van der Waals surface area contributed by atoms with Gasteiger partial charge < -0.3 is 10.6 Å². The molecule has 0 aliphatic carbocycles. The van der Waals surface area contributed by atoms with Gasteiger partial charge in [-0.3, -0.25) is 4.79 Å². The molecule has 0 aromatic heterocycles. The Morgan fingerprint density at radius 2 is 2.09 bits per heavy atom. The van der Waals surface area contributed by atoms with Crippen LogP contribution in [0.2, 0.25) is 10.0 Å². The van der Waals surface area contributed by atoms with Crippen molar-refractivity contribution in [2.45, 2.75) is 36.8 Å². The van der Waals surface area contributed by atoms with Crippen LogP contribution in [0.4, 0.5) is 0 Å². The SMILES string of the molecule is CC(Sc1cc(Cl)ccc1Cl)C(=O)NCC1(C)CCNCC1. The molecule has 0 spiro atoms. The first kappa shape index (κ1) is 17.9. The maximum absolute atomic E-state index is 12.3. The van der Waals surface area contributed by atoms with Gasteiger partial charge in [-0.25, -0.2) is 0 Å². The molecule has 1 aromatic carbocycles. The van der Waals surface area contributed by atoms with Gasteiger partial charge in [0, 0.05) is 16.5 Å². The number of amides is 1. The van der Waals surface area contributed by atoms with Gasteiger partial charge in [0.15, 0.2) is 0 Å². The summed E-state index contributed by atoms with van der Waals surface area (Å²) in [5.41, 5.74) is 0.193. The lowest BCUT2D eigenvalue weighted by Crippen LogP contribution is -2.44. The third-order valence-electron chi connectivity index (χ3n) is 4.07. The highest BCUT2D eigenvalue weighted by atomic mass is 35.5. The summed E-state index contributed by atoms with van der Waals surface area (Å²) >= 11 is 13.6. The Kier molecular flexibility index (Phi) is 6.45. The van der Waals surface area contributed by atoms with E-state index in [2.05, 4.69) is 17.6 Å². The predicted molar refractivity (Wildman–Crippen MR) is 95.0 cm³/mol. The molecule has 1 aliphatic rings. The third-order valence-corrected chi connectivity index (χ3v) is 5.90. The first-order valence-electron chi connectivity index (χ1n) is 7.50. The highest BCUT2D eigenvalue weighted by Crippen LogP contribution is 2.33. The third kappa shape index (κ3) is 5.05. The Labute approximate surface area is 146 Å². The Hall–Kier alpha value is -0.420. The van der Waals surface area contributed by atoms with E-state index in [1.807, 2.05) is 6.92 Å². The molecular formula is C16H22Cl2N2OS. The minimum absolute atomic E-state index is 0.0424. The molecule has 0 saturated carbocycles. The number of nitrogens with one attached hydrogen (secondary N) is 2. The van der Waals surface area contributed by atoms with Crippen molar-refractivity contribution < 1.29 is 4.79 Å². The summed E-state index contributed by atoms with van der Waals surface area (Å²) in [5, 5.41) is 7.48. The fourth-order valence-corrected chi connectivity index (χ4v) is 3.90. The van der Waals surface area contributed by atoms with Gasteiger partial charge in [0.25, 0.3) is 0 Å². The molecule has 1 aliphatic heterocycles. The van der Waals surface area contributed by atoms with Crippen LogP contribution in [0.3, 0.4) is 0 Å². The number of rotatable bonds is 5. The second-order valence-electron chi connectivity index (χ2n) is 6.11. The Bertz CT molecular complexity index is 533. The molecule has 0 bridgehead atoms. The molecule has 3 nitrogen and oxygen atoms in total. The van der Waals surface area contributed by atoms with Gasteiger partial charge in [0.05, 0.1) is 10.3 Å². The molecule has 1 unspecified atom stereocenters. The number of carbonyl (C=O) groups is 1. The number of carbonyl (C=O) groups excluding carboxylic acids is 1. The fraction of sp³-hybridized carbons (Fsp3) is 0.562. The fourth-order valence-electron chi connectivity index (χ4n) is 2.46. The summed E-state index contributed by atoms with van der Waals surface area (Å²) in [6.07, 6.45) is 2.18. The van der Waals surface area contributed by atoms with Crippen LogP contribution in [0.15, 0.2) is 23.1 Å². The van der Waals surface area contributed by atoms with Crippen LogP contribution in [-0.2, 0) is 4.79 Å². The van der Waals surface area contributed by atoms with E-state index in [9.17, 15) is 4.79 Å². The van der Waals surface area contributed by atoms with Crippen molar-refractivity contribution >= 4 is 40.9 Å². The number of thioether (sulfide) groups is 1. The Morgan fingerprint density at radius 1 is 1.41 bits per heavy atom. The molecule has 122 valence electrons. The highest BCUT2D eigenvalue weighted by molar-refractivity contribution is 8.00. The topological polar surface area (TPSA) is 41.1 Å². The van der Waals surface area contributed by atoms with Crippen LogP contribution in [-0.4, -0.2) is 30.8 Å². The van der Waals surface area contributed by atoms with Crippen molar-refractivity contribution in [3.63, 3.8) is 0 Å². The van der Waals surface area contributed by atoms with E-state index in [1.165, 1.54) is 11.8 Å². The van der Waals surface area contributed by atoms with E-state index in [0.717, 1.165) is 37.4 Å². The first-order chi connectivity index (χ1) is 10.4. The summed E-state index contributed by atoms with van der Waals surface area (Å²) in [4.78, 5) is 13.1. The zero-order valence-electron chi connectivity index (χ0n) is 12.9. The van der Waals surface area contributed by atoms with E-state index >= 15 is 0 Å². The quantitative estimate of drug-likeness (QED) is 0.780. The Morgan fingerprint density at radius 3 is 2.77 bits per heavy atom. The van der Waals surface area contributed by atoms with Crippen LogP contribution in [0, 0.1) is 5.41 Å². The van der Waals surface area contributed by atoms with Gasteiger partial charge in [-0.15, -0.1) is 11.8 Å². The summed E-state index contributed by atoms with van der Waals surface area (Å²) in [7, 11) is 0. The smallest absolute Gasteiger partial charge is 0.233 e. The second-order valence-corrected chi connectivity index (χ2v) is 8.34. The molecule has 22 heavy (non-hydrogen) atoms. The van der Waals surface area contributed by atoms with Crippen LogP contribution in [0.25, 0.3) is 0 Å². The number of halogens is 2. The summed E-state index contributed by atoms with van der Waals surface area (Å²) in [6.45, 7) is 6.90. The van der Waals surface area contributed by atoms with Crippen LogP contribution in [0.1, 0.15) is 26.7 Å². The minimum atomic E-state index is -0.207. The maximum Gasteiger partial charge on any atom is 0.233 e. The van der Waals surface area contributed by atoms with E-state index in [1.54, 1.807) is 18.2 Å². The number of hydrogen-bond donors (Lipinski definition) is 2. The van der Waals surface area contributed by atoms with Gasteiger partial charge in [-0.2, -0.15) is 0 Å².